The first kappa shape index (κ1) is 11.6. The second-order valence-corrected chi connectivity index (χ2v) is 3.81. The highest BCUT2D eigenvalue weighted by molar-refractivity contribution is 5.92. The van der Waals surface area contributed by atoms with Crippen LogP contribution in [0.15, 0.2) is 24.3 Å². The first-order valence-corrected chi connectivity index (χ1v) is 5.04. The number of rotatable bonds is 4. The minimum atomic E-state index is -0.527. The van der Waals surface area contributed by atoms with Gasteiger partial charge in [0.1, 0.15) is 5.56 Å². The van der Waals surface area contributed by atoms with E-state index in [-0.39, 0.29) is 11.3 Å². The molecular weight excluding hydrogens is 192 g/mol. The van der Waals surface area contributed by atoms with Crippen LogP contribution in [0.3, 0.4) is 0 Å². The van der Waals surface area contributed by atoms with Crippen LogP contribution in [0.2, 0.25) is 0 Å². The van der Waals surface area contributed by atoms with Gasteiger partial charge >= 0.3 is 5.97 Å². The maximum Gasteiger partial charge on any atom is 0.342 e. The Balaban J connectivity index is 2.51. The Kier molecular flexibility index (Phi) is 4.16. The van der Waals surface area contributed by atoms with Crippen LogP contribution in [0.5, 0.6) is 5.75 Å². The molecule has 0 heterocycles. The maximum absolute atomic E-state index is 11.4. The minimum absolute atomic E-state index is 0.112. The number of hydrogen-bond acceptors (Lipinski definition) is 2. The van der Waals surface area contributed by atoms with E-state index in [2.05, 4.69) is 13.8 Å². The number of para-hydroxylation sites is 1. The van der Waals surface area contributed by atoms with Crippen LogP contribution in [0.4, 0.5) is 0 Å². The highest BCUT2D eigenvalue weighted by Gasteiger charge is 2.12. The number of benzene rings is 1. The van der Waals surface area contributed by atoms with Crippen molar-refractivity contribution in [1.82, 2.24) is 0 Å². The van der Waals surface area contributed by atoms with E-state index in [1.807, 2.05) is 0 Å². The summed E-state index contributed by atoms with van der Waals surface area (Å²) in [5.41, 5.74) is 0.112. The van der Waals surface area contributed by atoms with Crippen molar-refractivity contribution in [2.75, 3.05) is 6.61 Å². The lowest BCUT2D eigenvalue weighted by atomic mass is 10.1. The number of carbonyl (C=O) groups excluding carboxylic acids is 1. The minimum Gasteiger partial charge on any atom is -0.462 e. The summed E-state index contributed by atoms with van der Waals surface area (Å²) in [5.74, 6) is -0.325. The van der Waals surface area contributed by atoms with Crippen molar-refractivity contribution in [3.63, 3.8) is 0 Å². The summed E-state index contributed by atoms with van der Waals surface area (Å²) >= 11 is 0. The zero-order chi connectivity index (χ0) is 11.3. The Bertz CT molecular complexity index is 331. The van der Waals surface area contributed by atoms with Crippen molar-refractivity contribution in [3.05, 3.63) is 29.8 Å². The van der Waals surface area contributed by atoms with Crippen molar-refractivity contribution in [1.29, 1.82) is 0 Å². The molecule has 3 heteroatoms. The smallest absolute Gasteiger partial charge is 0.342 e. The molecule has 1 radical (unpaired) electrons. The highest BCUT2D eigenvalue weighted by Crippen LogP contribution is 2.17. The van der Waals surface area contributed by atoms with Gasteiger partial charge in [0.25, 0.3) is 0 Å². The summed E-state index contributed by atoms with van der Waals surface area (Å²) in [7, 11) is 0. The third-order valence-corrected chi connectivity index (χ3v) is 2.04. The van der Waals surface area contributed by atoms with Gasteiger partial charge in [-0.05, 0) is 24.5 Å². The molecule has 0 aliphatic heterocycles. The zero-order valence-electron chi connectivity index (χ0n) is 9.03. The molecule has 0 fully saturated rings. The molecule has 0 saturated heterocycles. The van der Waals surface area contributed by atoms with Gasteiger partial charge in [0.2, 0.25) is 0 Å². The molecular formula is C12H15O3. The lowest BCUT2D eigenvalue weighted by Crippen LogP contribution is -2.08. The quantitative estimate of drug-likeness (QED) is 0.712. The van der Waals surface area contributed by atoms with Gasteiger partial charge < -0.3 is 4.74 Å². The fourth-order valence-corrected chi connectivity index (χ4v) is 1.10. The second kappa shape index (κ2) is 5.39. The standard InChI is InChI=1S/C12H15O3/c1-9(2)7-8-15-12(14)10-5-3-4-6-11(10)13/h3-6,9H,7-8H2,1-2H3. The molecule has 0 aromatic heterocycles. The zero-order valence-corrected chi connectivity index (χ0v) is 9.03. The summed E-state index contributed by atoms with van der Waals surface area (Å²) in [5, 5.41) is 11.3. The third-order valence-electron chi connectivity index (χ3n) is 2.04. The summed E-state index contributed by atoms with van der Waals surface area (Å²) in [6, 6.07) is 6.10. The van der Waals surface area contributed by atoms with Gasteiger partial charge in [0, 0.05) is 0 Å². The molecule has 0 unspecified atom stereocenters. The predicted octanol–water partition coefficient (Wildman–Crippen LogP) is 3.03. The van der Waals surface area contributed by atoms with Gasteiger partial charge in [-0.3, -0.25) is 5.11 Å². The van der Waals surface area contributed by atoms with E-state index in [0.29, 0.717) is 12.5 Å². The van der Waals surface area contributed by atoms with Gasteiger partial charge in [0.05, 0.1) is 6.61 Å². The van der Waals surface area contributed by atoms with Crippen LogP contribution in [0, 0.1) is 5.92 Å². The molecule has 0 aliphatic carbocycles. The van der Waals surface area contributed by atoms with Crippen molar-refractivity contribution in [2.24, 2.45) is 5.92 Å². The molecule has 15 heavy (non-hydrogen) atoms. The van der Waals surface area contributed by atoms with Gasteiger partial charge in [-0.15, -0.1) is 0 Å². The second-order valence-electron chi connectivity index (χ2n) is 3.81. The summed E-state index contributed by atoms with van der Waals surface area (Å²) in [6.45, 7) is 4.47. The van der Waals surface area contributed by atoms with Gasteiger partial charge in [0.15, 0.2) is 5.75 Å². The summed E-state index contributed by atoms with van der Waals surface area (Å²) in [4.78, 5) is 11.4. The van der Waals surface area contributed by atoms with Crippen LogP contribution in [-0.4, -0.2) is 12.6 Å². The van der Waals surface area contributed by atoms with E-state index >= 15 is 0 Å². The number of ether oxygens (including phenoxy) is 1. The molecule has 0 atom stereocenters. The van der Waals surface area contributed by atoms with Gasteiger partial charge in [-0.2, -0.15) is 0 Å². The van der Waals surface area contributed by atoms with E-state index in [1.165, 1.54) is 12.1 Å². The first-order chi connectivity index (χ1) is 7.11. The molecule has 1 rings (SSSR count). The van der Waals surface area contributed by atoms with E-state index in [1.54, 1.807) is 12.1 Å². The molecule has 0 bridgehead atoms. The molecule has 0 aliphatic rings. The lowest BCUT2D eigenvalue weighted by Gasteiger charge is -2.06. The average Bonchev–Trinajstić information content (AvgIpc) is 2.17. The molecule has 81 valence electrons. The number of esters is 1. The van der Waals surface area contributed by atoms with Gasteiger partial charge in [-0.1, -0.05) is 26.0 Å². The van der Waals surface area contributed by atoms with Crippen molar-refractivity contribution in [3.8, 4) is 5.75 Å². The monoisotopic (exact) mass is 207 g/mol. The SMILES string of the molecule is CC(C)CCOC(=O)c1ccccc1[O]. The molecule has 0 N–H and O–H groups in total. The number of carbonyl (C=O) groups is 1. The Morgan fingerprint density at radius 2 is 2.00 bits per heavy atom. The van der Waals surface area contributed by atoms with Crippen molar-refractivity contribution < 1.29 is 14.6 Å². The lowest BCUT2D eigenvalue weighted by molar-refractivity contribution is 0.0483. The summed E-state index contributed by atoms with van der Waals surface area (Å²) in [6.07, 6.45) is 0.812. The van der Waals surface area contributed by atoms with Crippen molar-refractivity contribution >= 4 is 5.97 Å². The topological polar surface area (TPSA) is 46.2 Å². The van der Waals surface area contributed by atoms with Crippen molar-refractivity contribution in [2.45, 2.75) is 20.3 Å². The maximum atomic E-state index is 11.4. The average molecular weight is 207 g/mol. The molecule has 1 aromatic rings. The highest BCUT2D eigenvalue weighted by atomic mass is 16.5. The van der Waals surface area contributed by atoms with Crippen LogP contribution in [0.25, 0.3) is 0 Å². The van der Waals surface area contributed by atoms with Crippen LogP contribution in [-0.2, 0) is 9.84 Å². The normalized spacial score (nSPS) is 10.3. The third kappa shape index (κ3) is 3.62. The fourth-order valence-electron chi connectivity index (χ4n) is 1.10. The first-order valence-electron chi connectivity index (χ1n) is 5.04. The molecule has 0 amide bonds. The number of hydrogen-bond donors (Lipinski definition) is 0. The molecule has 1 aromatic carbocycles. The largest absolute Gasteiger partial charge is 0.462 e. The molecule has 0 saturated carbocycles. The Hall–Kier alpha value is -1.51. The van der Waals surface area contributed by atoms with Crippen LogP contribution in [0.1, 0.15) is 30.6 Å². The van der Waals surface area contributed by atoms with E-state index in [9.17, 15) is 9.90 Å². The van der Waals surface area contributed by atoms with Crippen LogP contribution >= 0.6 is 0 Å². The predicted molar refractivity (Wildman–Crippen MR) is 56.3 cm³/mol. The fraction of sp³-hybridized carbons (Fsp3) is 0.417. The Morgan fingerprint density at radius 3 is 2.60 bits per heavy atom. The Labute approximate surface area is 89.7 Å². The van der Waals surface area contributed by atoms with E-state index < -0.39 is 5.97 Å². The van der Waals surface area contributed by atoms with E-state index in [4.69, 9.17) is 4.74 Å². The van der Waals surface area contributed by atoms with Crippen LogP contribution < -0.4 is 0 Å². The Morgan fingerprint density at radius 1 is 1.33 bits per heavy atom. The van der Waals surface area contributed by atoms with Gasteiger partial charge in [-0.25, -0.2) is 4.79 Å². The molecule has 0 spiro atoms. The summed E-state index contributed by atoms with van der Waals surface area (Å²) < 4.78 is 4.98. The van der Waals surface area contributed by atoms with E-state index in [0.717, 1.165) is 6.42 Å². The molecule has 3 nitrogen and oxygen atoms in total.